The van der Waals surface area contributed by atoms with Crippen LogP contribution in [0.1, 0.15) is 42.4 Å². The zero-order valence-electron chi connectivity index (χ0n) is 15.3. The van der Waals surface area contributed by atoms with E-state index in [4.69, 9.17) is 0 Å². The van der Waals surface area contributed by atoms with E-state index >= 15 is 0 Å². The van der Waals surface area contributed by atoms with Crippen molar-refractivity contribution in [1.29, 1.82) is 0 Å². The fraction of sp³-hybridized carbons (Fsp3) is 0.304. The molecule has 2 heterocycles. The third kappa shape index (κ3) is 3.86. The average molecular weight is 360 g/mol. The molecule has 1 atom stereocenters. The predicted octanol–water partition coefficient (Wildman–Crippen LogP) is 4.06. The van der Waals surface area contributed by atoms with Crippen LogP contribution in [0.25, 0.3) is 10.8 Å². The van der Waals surface area contributed by atoms with Gasteiger partial charge in [0.25, 0.3) is 0 Å². The van der Waals surface area contributed by atoms with Crippen molar-refractivity contribution < 1.29 is 9.90 Å². The summed E-state index contributed by atoms with van der Waals surface area (Å²) in [6.45, 7) is 1.49. The van der Waals surface area contributed by atoms with E-state index in [9.17, 15) is 9.90 Å². The van der Waals surface area contributed by atoms with Gasteiger partial charge in [0.2, 0.25) is 5.91 Å². The summed E-state index contributed by atoms with van der Waals surface area (Å²) in [7, 11) is 0. The lowest BCUT2D eigenvalue weighted by molar-refractivity contribution is -0.134. The third-order valence-electron chi connectivity index (χ3n) is 5.55. The Kier molecular flexibility index (Phi) is 5.16. The summed E-state index contributed by atoms with van der Waals surface area (Å²) in [5.41, 5.74) is 2.15. The Morgan fingerprint density at radius 1 is 1.07 bits per heavy atom. The van der Waals surface area contributed by atoms with Gasteiger partial charge in [0.05, 0.1) is 12.5 Å². The lowest BCUT2D eigenvalue weighted by Crippen LogP contribution is -2.38. The van der Waals surface area contributed by atoms with Crippen molar-refractivity contribution >= 4 is 16.7 Å². The minimum atomic E-state index is -0.734. The van der Waals surface area contributed by atoms with Crippen LogP contribution in [0.15, 0.2) is 67.0 Å². The van der Waals surface area contributed by atoms with Crippen LogP contribution in [0.4, 0.5) is 0 Å². The molecule has 0 radical (unpaired) electrons. The van der Waals surface area contributed by atoms with Gasteiger partial charge in [-0.2, -0.15) is 0 Å². The highest BCUT2D eigenvalue weighted by Gasteiger charge is 2.26. The number of piperidine rings is 1. The van der Waals surface area contributed by atoms with Gasteiger partial charge in [-0.3, -0.25) is 9.78 Å². The Hall–Kier alpha value is -2.72. The first-order chi connectivity index (χ1) is 13.2. The van der Waals surface area contributed by atoms with E-state index in [2.05, 4.69) is 29.2 Å². The largest absolute Gasteiger partial charge is 0.388 e. The highest BCUT2D eigenvalue weighted by atomic mass is 16.3. The number of nitrogens with zero attached hydrogens (tertiary/aromatic N) is 2. The van der Waals surface area contributed by atoms with E-state index in [1.807, 2.05) is 47.6 Å². The molecule has 3 aromatic rings. The molecule has 4 heteroatoms. The number of benzene rings is 2. The molecule has 1 amide bonds. The van der Waals surface area contributed by atoms with Gasteiger partial charge in [-0.05, 0) is 41.3 Å². The van der Waals surface area contributed by atoms with Crippen molar-refractivity contribution in [2.45, 2.75) is 31.3 Å². The van der Waals surface area contributed by atoms with Crippen LogP contribution >= 0.6 is 0 Å². The first-order valence-electron chi connectivity index (χ1n) is 9.56. The van der Waals surface area contributed by atoms with E-state index in [1.54, 1.807) is 0 Å². The molecule has 1 aliphatic heterocycles. The number of rotatable bonds is 4. The first kappa shape index (κ1) is 17.7. The topological polar surface area (TPSA) is 53.4 Å². The molecule has 0 spiro atoms. The fourth-order valence-electron chi connectivity index (χ4n) is 4.03. The second kappa shape index (κ2) is 7.89. The molecule has 0 saturated carbocycles. The number of fused-ring (bicyclic) bond motifs is 1. The van der Waals surface area contributed by atoms with Crippen LogP contribution in [0, 0.1) is 0 Å². The number of pyridine rings is 1. The molecular weight excluding hydrogens is 336 g/mol. The second-order valence-electron chi connectivity index (χ2n) is 7.23. The standard InChI is InChI=1S/C23H24N2O2/c26-22(18-5-2-1-3-6-18)15-23(27)25-13-10-17(11-14-25)20-8-4-7-19-16-24-12-9-21(19)20/h1-9,12,16-17,22,26H,10-11,13-15H2. The molecule has 138 valence electrons. The van der Waals surface area contributed by atoms with Crippen LogP contribution in [-0.2, 0) is 4.79 Å². The van der Waals surface area contributed by atoms with Gasteiger partial charge in [0.1, 0.15) is 0 Å². The van der Waals surface area contributed by atoms with E-state index in [1.165, 1.54) is 16.3 Å². The SMILES string of the molecule is O=C(CC(O)c1ccccc1)N1CCC(c2cccc3cnccc23)CC1. The normalized spacial score (nSPS) is 16.4. The smallest absolute Gasteiger partial charge is 0.225 e. The van der Waals surface area contributed by atoms with Gasteiger partial charge in [-0.1, -0.05) is 48.5 Å². The summed E-state index contributed by atoms with van der Waals surface area (Å²) >= 11 is 0. The number of hydrogen-bond donors (Lipinski definition) is 1. The Morgan fingerprint density at radius 2 is 1.85 bits per heavy atom. The summed E-state index contributed by atoms with van der Waals surface area (Å²) < 4.78 is 0. The van der Waals surface area contributed by atoms with Crippen LogP contribution < -0.4 is 0 Å². The monoisotopic (exact) mass is 360 g/mol. The minimum absolute atomic E-state index is 0.0342. The lowest BCUT2D eigenvalue weighted by atomic mass is 9.86. The van der Waals surface area contributed by atoms with Crippen LogP contribution in [-0.4, -0.2) is 34.0 Å². The molecule has 4 rings (SSSR count). The molecule has 1 aromatic heterocycles. The quantitative estimate of drug-likeness (QED) is 0.763. The molecular formula is C23H24N2O2. The highest BCUT2D eigenvalue weighted by molar-refractivity contribution is 5.85. The predicted molar refractivity (Wildman–Crippen MR) is 106 cm³/mol. The molecule has 1 aliphatic rings. The zero-order chi connectivity index (χ0) is 18.6. The molecule has 1 unspecified atom stereocenters. The van der Waals surface area contributed by atoms with Gasteiger partial charge >= 0.3 is 0 Å². The molecule has 1 N–H and O–H groups in total. The summed E-state index contributed by atoms with van der Waals surface area (Å²) in [6.07, 6.45) is 5.07. The van der Waals surface area contributed by atoms with Gasteiger partial charge in [0, 0.05) is 30.9 Å². The molecule has 1 saturated heterocycles. The summed E-state index contributed by atoms with van der Waals surface area (Å²) in [6, 6.07) is 17.9. The maximum atomic E-state index is 12.6. The number of carbonyl (C=O) groups is 1. The Bertz CT molecular complexity index is 913. The Labute approximate surface area is 159 Å². The van der Waals surface area contributed by atoms with E-state index in [0.717, 1.165) is 31.5 Å². The Morgan fingerprint density at radius 3 is 2.63 bits per heavy atom. The van der Waals surface area contributed by atoms with Gasteiger partial charge in [-0.15, -0.1) is 0 Å². The van der Waals surface area contributed by atoms with Crippen molar-refractivity contribution in [3.63, 3.8) is 0 Å². The number of aliphatic hydroxyl groups excluding tert-OH is 1. The molecule has 27 heavy (non-hydrogen) atoms. The van der Waals surface area contributed by atoms with E-state index in [0.29, 0.717) is 5.92 Å². The maximum Gasteiger partial charge on any atom is 0.225 e. The molecule has 1 fully saturated rings. The Balaban J connectivity index is 1.39. The zero-order valence-corrected chi connectivity index (χ0v) is 15.3. The minimum Gasteiger partial charge on any atom is -0.388 e. The molecule has 4 nitrogen and oxygen atoms in total. The first-order valence-corrected chi connectivity index (χ1v) is 9.56. The number of aliphatic hydroxyl groups is 1. The number of amides is 1. The van der Waals surface area contributed by atoms with Crippen molar-refractivity contribution in [3.8, 4) is 0 Å². The molecule has 0 bridgehead atoms. The number of hydrogen-bond acceptors (Lipinski definition) is 3. The van der Waals surface area contributed by atoms with E-state index < -0.39 is 6.10 Å². The molecule has 2 aromatic carbocycles. The summed E-state index contributed by atoms with van der Waals surface area (Å²) in [4.78, 5) is 18.7. The van der Waals surface area contributed by atoms with E-state index in [-0.39, 0.29) is 12.3 Å². The van der Waals surface area contributed by atoms with Crippen LogP contribution in [0.3, 0.4) is 0 Å². The van der Waals surface area contributed by atoms with Gasteiger partial charge < -0.3 is 10.0 Å². The van der Waals surface area contributed by atoms with Crippen LogP contribution in [0.2, 0.25) is 0 Å². The summed E-state index contributed by atoms with van der Waals surface area (Å²) in [5, 5.41) is 12.7. The lowest BCUT2D eigenvalue weighted by Gasteiger charge is -2.33. The number of carbonyl (C=O) groups excluding carboxylic acids is 1. The second-order valence-corrected chi connectivity index (χ2v) is 7.23. The highest BCUT2D eigenvalue weighted by Crippen LogP contribution is 2.33. The fourth-order valence-corrected chi connectivity index (χ4v) is 4.03. The third-order valence-corrected chi connectivity index (χ3v) is 5.55. The number of likely N-dealkylation sites (tertiary alicyclic amines) is 1. The average Bonchev–Trinajstić information content (AvgIpc) is 2.74. The summed E-state index contributed by atoms with van der Waals surface area (Å²) in [5.74, 6) is 0.492. The van der Waals surface area contributed by atoms with Crippen LogP contribution in [0.5, 0.6) is 0 Å². The molecule has 0 aliphatic carbocycles. The van der Waals surface area contributed by atoms with Crippen molar-refractivity contribution in [3.05, 3.63) is 78.1 Å². The number of aromatic nitrogens is 1. The maximum absolute atomic E-state index is 12.6. The van der Waals surface area contributed by atoms with Crippen molar-refractivity contribution in [2.24, 2.45) is 0 Å². The van der Waals surface area contributed by atoms with Crippen molar-refractivity contribution in [1.82, 2.24) is 9.88 Å². The van der Waals surface area contributed by atoms with Crippen molar-refractivity contribution in [2.75, 3.05) is 13.1 Å². The van der Waals surface area contributed by atoms with Gasteiger partial charge in [-0.25, -0.2) is 0 Å². The van der Waals surface area contributed by atoms with Gasteiger partial charge in [0.15, 0.2) is 0 Å².